The van der Waals surface area contributed by atoms with Crippen LogP contribution in [0.25, 0.3) is 21.3 Å². The number of amides is 3. The van der Waals surface area contributed by atoms with Gasteiger partial charge in [-0.2, -0.15) is 5.26 Å². The molecule has 1 saturated carbocycles. The first-order valence-corrected chi connectivity index (χ1v) is 15.7. The van der Waals surface area contributed by atoms with Crippen LogP contribution in [0.2, 0.25) is 0 Å². The average Bonchev–Trinajstić information content (AvgIpc) is 3.61. The van der Waals surface area contributed by atoms with Gasteiger partial charge in [-0.1, -0.05) is 0 Å². The molecule has 2 atom stereocenters. The number of carbonyl (C=O) groups is 3. The number of imide groups is 1. The average molecular weight is 599 g/mol. The third-order valence-corrected chi connectivity index (χ3v) is 10.7. The van der Waals surface area contributed by atoms with Crippen LogP contribution in [0.4, 0.5) is 10.5 Å². The Morgan fingerprint density at radius 3 is 2.79 bits per heavy atom. The van der Waals surface area contributed by atoms with Crippen LogP contribution in [0.15, 0.2) is 30.5 Å². The van der Waals surface area contributed by atoms with Crippen molar-refractivity contribution in [2.45, 2.75) is 63.2 Å². The number of hydrogen-bond acceptors (Lipinski definition) is 9. The number of nitrogens with zero attached hydrogens (tertiary/aromatic N) is 6. The molecule has 1 aliphatic carbocycles. The van der Waals surface area contributed by atoms with Gasteiger partial charge in [0, 0.05) is 53.1 Å². The minimum atomic E-state index is -0.262. The minimum Gasteiger partial charge on any atom is -0.466 e. The zero-order valence-corrected chi connectivity index (χ0v) is 25.2. The van der Waals surface area contributed by atoms with Gasteiger partial charge in [-0.05, 0) is 75.9 Å². The molecule has 3 fully saturated rings. The predicted octanol–water partition coefficient (Wildman–Crippen LogP) is 4.15. The molecular weight excluding hydrogens is 564 g/mol. The second-order valence-corrected chi connectivity index (χ2v) is 13.6. The molecule has 1 unspecified atom stereocenters. The first kappa shape index (κ1) is 27.8. The molecule has 2 saturated heterocycles. The first-order valence-electron chi connectivity index (χ1n) is 14.9. The summed E-state index contributed by atoms with van der Waals surface area (Å²) in [7, 11) is 2.08. The van der Waals surface area contributed by atoms with Crippen LogP contribution in [0.5, 0.6) is 0 Å². The van der Waals surface area contributed by atoms with Gasteiger partial charge < -0.3 is 14.5 Å². The van der Waals surface area contributed by atoms with Gasteiger partial charge in [-0.15, -0.1) is 11.3 Å². The zero-order chi connectivity index (χ0) is 29.9. The number of urea groups is 1. The molecule has 0 bridgehead atoms. The zero-order valence-electron chi connectivity index (χ0n) is 24.4. The lowest BCUT2D eigenvalue weighted by Gasteiger charge is -2.38. The lowest BCUT2D eigenvalue weighted by atomic mass is 9.89. The number of hydrogen-bond donors (Lipinski definition) is 0. The quantitative estimate of drug-likeness (QED) is 0.281. The molecular formula is C32H34N6O4S. The highest BCUT2D eigenvalue weighted by molar-refractivity contribution is 7.19. The second kappa shape index (κ2) is 10.6. The van der Waals surface area contributed by atoms with Crippen LogP contribution < -0.4 is 4.90 Å². The van der Waals surface area contributed by atoms with E-state index in [1.807, 2.05) is 24.3 Å². The molecule has 0 radical (unpaired) electrons. The third kappa shape index (κ3) is 4.82. The summed E-state index contributed by atoms with van der Waals surface area (Å²) in [5.41, 5.74) is 5.49. The maximum atomic E-state index is 13.0. The number of likely N-dealkylation sites (N-methyl/N-ethyl adjacent to an activating group) is 1. The standard InChI is InChI=1S/C32H34N6O4S/c1-32(18-42-19-39)13-23(15-35(32)2)36-9-3-4-21-10-20(14-33)11-26(29(21)36)25-7-8-34-27-12-24(43-30(25)27)16-38-28(40)17-37(31(38)41)22-5-6-22/h7-8,10-12,19,22-23H,3-6,9,13,15-18H2,1-2H3/t23-,32?/m0/s1. The lowest BCUT2D eigenvalue weighted by Crippen LogP contribution is -2.42. The van der Waals surface area contributed by atoms with E-state index in [0.29, 0.717) is 18.6 Å². The Labute approximate surface area is 254 Å². The largest absolute Gasteiger partial charge is 0.466 e. The summed E-state index contributed by atoms with van der Waals surface area (Å²) in [6.45, 7) is 5.13. The molecule has 43 heavy (non-hydrogen) atoms. The highest BCUT2D eigenvalue weighted by Crippen LogP contribution is 2.45. The van der Waals surface area contributed by atoms with Crippen LogP contribution in [-0.4, -0.2) is 89.0 Å². The number of rotatable bonds is 8. The molecule has 0 N–H and O–H groups in total. The van der Waals surface area contributed by atoms with Crippen molar-refractivity contribution in [3.8, 4) is 17.2 Å². The molecule has 5 heterocycles. The summed E-state index contributed by atoms with van der Waals surface area (Å²) in [6.07, 6.45) is 6.46. The first-order chi connectivity index (χ1) is 20.8. The van der Waals surface area contributed by atoms with Crippen LogP contribution >= 0.6 is 11.3 Å². The van der Waals surface area contributed by atoms with E-state index in [-0.39, 0.29) is 42.7 Å². The van der Waals surface area contributed by atoms with Crippen molar-refractivity contribution in [1.29, 1.82) is 5.26 Å². The number of likely N-dealkylation sites (tertiary alicyclic amines) is 1. The van der Waals surface area contributed by atoms with Gasteiger partial charge >= 0.3 is 6.03 Å². The van der Waals surface area contributed by atoms with Crippen molar-refractivity contribution in [2.75, 3.05) is 38.2 Å². The summed E-state index contributed by atoms with van der Waals surface area (Å²) in [5, 5.41) is 9.97. The number of fused-ring (bicyclic) bond motifs is 2. The van der Waals surface area contributed by atoms with E-state index in [0.717, 1.165) is 82.7 Å². The normalized spacial score (nSPS) is 24.1. The van der Waals surface area contributed by atoms with Crippen molar-refractivity contribution < 1.29 is 19.1 Å². The lowest BCUT2D eigenvalue weighted by molar-refractivity contribution is -0.131. The maximum Gasteiger partial charge on any atom is 0.327 e. The number of pyridine rings is 1. The summed E-state index contributed by atoms with van der Waals surface area (Å²) >= 11 is 1.56. The van der Waals surface area contributed by atoms with Gasteiger partial charge in [0.15, 0.2) is 0 Å². The van der Waals surface area contributed by atoms with Gasteiger partial charge in [0.25, 0.3) is 12.4 Å². The Kier molecular flexibility index (Phi) is 6.86. The van der Waals surface area contributed by atoms with Crippen LogP contribution in [0.1, 0.15) is 48.6 Å². The van der Waals surface area contributed by atoms with E-state index >= 15 is 0 Å². The molecule has 3 aliphatic heterocycles. The Balaban J connectivity index is 1.26. The van der Waals surface area contributed by atoms with E-state index in [1.165, 1.54) is 4.90 Å². The Hall–Kier alpha value is -4.01. The van der Waals surface area contributed by atoms with E-state index in [2.05, 4.69) is 34.8 Å². The van der Waals surface area contributed by atoms with Crippen molar-refractivity contribution in [3.05, 3.63) is 46.5 Å². The number of aromatic nitrogens is 1. The molecule has 0 spiro atoms. The maximum absolute atomic E-state index is 13.0. The van der Waals surface area contributed by atoms with Gasteiger partial charge in [0.2, 0.25) is 0 Å². The number of carbonyl (C=O) groups excluding carboxylic acids is 3. The molecule has 3 aromatic rings. The van der Waals surface area contributed by atoms with Gasteiger partial charge in [-0.3, -0.25) is 24.4 Å². The highest BCUT2D eigenvalue weighted by atomic mass is 32.1. The number of nitriles is 1. The fourth-order valence-corrected chi connectivity index (χ4v) is 8.22. The van der Waals surface area contributed by atoms with E-state index in [4.69, 9.17) is 4.74 Å². The molecule has 10 nitrogen and oxygen atoms in total. The molecule has 4 aliphatic rings. The van der Waals surface area contributed by atoms with Crippen molar-refractivity contribution in [1.82, 2.24) is 19.7 Å². The van der Waals surface area contributed by atoms with Gasteiger partial charge in [0.1, 0.15) is 13.2 Å². The Morgan fingerprint density at radius 2 is 2.02 bits per heavy atom. The molecule has 3 amide bonds. The Morgan fingerprint density at radius 1 is 1.19 bits per heavy atom. The van der Waals surface area contributed by atoms with E-state index in [1.54, 1.807) is 22.4 Å². The van der Waals surface area contributed by atoms with Crippen molar-refractivity contribution in [2.24, 2.45) is 0 Å². The SMILES string of the molecule is CN1C[C@@H](N2CCCc3cc(C#N)cc(-c4ccnc5cc(CN6C(=O)CN(C7CC7)C6=O)sc45)c32)CC1(C)COC=O. The number of benzene rings is 1. The summed E-state index contributed by atoms with van der Waals surface area (Å²) < 4.78 is 6.20. The number of thiophene rings is 1. The number of anilines is 1. The smallest absolute Gasteiger partial charge is 0.327 e. The molecule has 11 heteroatoms. The van der Waals surface area contributed by atoms with Gasteiger partial charge in [0.05, 0.1) is 33.9 Å². The molecule has 1 aromatic carbocycles. The van der Waals surface area contributed by atoms with Gasteiger partial charge in [-0.25, -0.2) is 4.79 Å². The monoisotopic (exact) mass is 598 g/mol. The minimum absolute atomic E-state index is 0.152. The van der Waals surface area contributed by atoms with E-state index in [9.17, 15) is 19.6 Å². The predicted molar refractivity (Wildman–Crippen MR) is 163 cm³/mol. The summed E-state index contributed by atoms with van der Waals surface area (Å²) in [6, 6.07) is 10.6. The van der Waals surface area contributed by atoms with Crippen LogP contribution in [0, 0.1) is 11.3 Å². The van der Waals surface area contributed by atoms with Crippen molar-refractivity contribution >= 4 is 45.7 Å². The molecule has 222 valence electrons. The topological polar surface area (TPSA) is 110 Å². The van der Waals surface area contributed by atoms with Crippen LogP contribution in [-0.2, 0) is 27.3 Å². The highest BCUT2D eigenvalue weighted by Gasteiger charge is 2.45. The second-order valence-electron chi connectivity index (χ2n) is 12.5. The Bertz CT molecular complexity index is 1680. The summed E-state index contributed by atoms with van der Waals surface area (Å²) in [5.74, 6) is -0.152. The van der Waals surface area contributed by atoms with Crippen LogP contribution in [0.3, 0.4) is 0 Å². The number of ether oxygens (including phenoxy) is 1. The molecule has 2 aromatic heterocycles. The third-order valence-electron chi connectivity index (χ3n) is 9.57. The fourth-order valence-electron chi connectivity index (χ4n) is 7.09. The fraction of sp³-hybridized carbons (Fsp3) is 0.469. The molecule has 7 rings (SSSR count). The van der Waals surface area contributed by atoms with E-state index < -0.39 is 0 Å². The number of aryl methyl sites for hydroxylation is 1. The summed E-state index contributed by atoms with van der Waals surface area (Å²) in [4.78, 5) is 50.1. The van der Waals surface area contributed by atoms with Crippen molar-refractivity contribution in [3.63, 3.8) is 0 Å².